The van der Waals surface area contributed by atoms with Crippen LogP contribution in [0.3, 0.4) is 0 Å². The molecule has 38 heavy (non-hydrogen) atoms. The van der Waals surface area contributed by atoms with Crippen LogP contribution in [0.15, 0.2) is 74.1 Å². The number of benzene rings is 2. The van der Waals surface area contributed by atoms with Gasteiger partial charge in [0.15, 0.2) is 0 Å². The van der Waals surface area contributed by atoms with Crippen molar-refractivity contribution < 1.29 is 14.3 Å². The Morgan fingerprint density at radius 3 is 2.66 bits per heavy atom. The van der Waals surface area contributed by atoms with E-state index in [-0.39, 0.29) is 24.1 Å². The summed E-state index contributed by atoms with van der Waals surface area (Å²) in [6, 6.07) is 12.3. The Kier molecular flexibility index (Phi) is 8.67. The highest BCUT2D eigenvalue weighted by atomic mass is 19.1. The van der Waals surface area contributed by atoms with E-state index in [9.17, 15) is 4.79 Å². The fraction of sp³-hybridized carbons (Fsp3) is 0.250. The molecule has 0 bridgehead atoms. The van der Waals surface area contributed by atoms with Gasteiger partial charge in [-0.05, 0) is 49.4 Å². The minimum absolute atomic E-state index is 0.142. The maximum Gasteiger partial charge on any atom is 0.247 e. The van der Waals surface area contributed by atoms with E-state index in [0.717, 1.165) is 43.1 Å². The smallest absolute Gasteiger partial charge is 0.247 e. The first-order valence-electron chi connectivity index (χ1n) is 12.4. The molecular formula is C28H32FN7O2. The van der Waals surface area contributed by atoms with Gasteiger partial charge in [-0.1, -0.05) is 19.2 Å². The molecule has 3 N–H and O–H groups in total. The summed E-state index contributed by atoms with van der Waals surface area (Å²) in [5, 5.41) is 14.9. The van der Waals surface area contributed by atoms with Crippen molar-refractivity contribution in [1.29, 1.82) is 0 Å². The van der Waals surface area contributed by atoms with Crippen LogP contribution < -0.4 is 20.4 Å². The molecule has 198 valence electrons. The molecule has 0 unspecified atom stereocenters. The van der Waals surface area contributed by atoms with Gasteiger partial charge >= 0.3 is 0 Å². The molecule has 1 saturated heterocycles. The lowest BCUT2D eigenvalue weighted by Gasteiger charge is -2.35. The number of piperazine rings is 1. The highest BCUT2D eigenvalue weighted by Gasteiger charge is 2.19. The van der Waals surface area contributed by atoms with E-state index < -0.39 is 5.82 Å². The number of aromatic nitrogens is 2. The number of anilines is 6. The van der Waals surface area contributed by atoms with Gasteiger partial charge < -0.3 is 25.5 Å². The molecule has 0 atom stereocenters. The first-order valence-corrected chi connectivity index (χ1v) is 12.4. The molecule has 1 amide bonds. The summed E-state index contributed by atoms with van der Waals surface area (Å²) in [6.07, 6.45) is 4.47. The van der Waals surface area contributed by atoms with Crippen LogP contribution in [0.1, 0.15) is 5.56 Å². The summed E-state index contributed by atoms with van der Waals surface area (Å²) < 4.78 is 15.1. The number of carbonyl (C=O) groups is 1. The molecule has 1 aromatic heterocycles. The van der Waals surface area contributed by atoms with Gasteiger partial charge in [0.25, 0.3) is 0 Å². The molecule has 2 aromatic carbocycles. The zero-order chi connectivity index (χ0) is 27.1. The number of aliphatic hydroxyl groups excluding tert-OH is 1. The molecule has 0 saturated carbocycles. The third-order valence-electron chi connectivity index (χ3n) is 6.29. The minimum atomic E-state index is -0.405. The number of nitrogens with one attached hydrogen (secondary N) is 2. The second kappa shape index (κ2) is 12.3. The zero-order valence-corrected chi connectivity index (χ0v) is 21.4. The van der Waals surface area contributed by atoms with Gasteiger partial charge in [-0.3, -0.25) is 9.69 Å². The molecule has 4 rings (SSSR count). The summed E-state index contributed by atoms with van der Waals surface area (Å²) in [5.41, 5.74) is 3.18. The molecule has 0 aliphatic carbocycles. The first-order chi connectivity index (χ1) is 18.4. The monoisotopic (exact) mass is 517 g/mol. The van der Waals surface area contributed by atoms with Gasteiger partial charge in [0.1, 0.15) is 11.6 Å². The third-order valence-corrected chi connectivity index (χ3v) is 6.29. The van der Waals surface area contributed by atoms with Crippen LogP contribution >= 0.6 is 0 Å². The van der Waals surface area contributed by atoms with Crippen LogP contribution in [0, 0.1) is 12.7 Å². The van der Waals surface area contributed by atoms with Crippen LogP contribution in [-0.4, -0.2) is 65.2 Å². The van der Waals surface area contributed by atoms with Crippen LogP contribution in [-0.2, 0) is 4.79 Å². The second-order valence-corrected chi connectivity index (χ2v) is 8.84. The van der Waals surface area contributed by atoms with Gasteiger partial charge in [0.2, 0.25) is 11.9 Å². The minimum Gasteiger partial charge on any atom is -0.395 e. The van der Waals surface area contributed by atoms with E-state index in [1.54, 1.807) is 35.5 Å². The molecule has 1 aliphatic heterocycles. The molecule has 1 aliphatic rings. The van der Waals surface area contributed by atoms with E-state index in [2.05, 4.69) is 43.6 Å². The Bertz CT molecular complexity index is 1310. The largest absolute Gasteiger partial charge is 0.395 e. The van der Waals surface area contributed by atoms with E-state index in [1.165, 1.54) is 12.1 Å². The molecule has 0 radical (unpaired) electrons. The predicted molar refractivity (Wildman–Crippen MR) is 150 cm³/mol. The SMILES string of the molecule is C=CC(=O)Nc1cccc(N(C=C)c2nc(Nc3ccc(N4CCN(CCO)CC4)cc3F)ncc2C)c1. The fourth-order valence-corrected chi connectivity index (χ4v) is 4.27. The molecule has 9 nitrogen and oxygen atoms in total. The van der Waals surface area contributed by atoms with Gasteiger partial charge in [-0.2, -0.15) is 4.98 Å². The Morgan fingerprint density at radius 2 is 1.97 bits per heavy atom. The van der Waals surface area contributed by atoms with Crippen molar-refractivity contribution in [2.75, 3.05) is 59.8 Å². The quantitative estimate of drug-likeness (QED) is 0.345. The average molecular weight is 518 g/mol. The van der Waals surface area contributed by atoms with Crippen molar-refractivity contribution >= 4 is 40.4 Å². The summed E-state index contributed by atoms with van der Waals surface area (Å²) in [4.78, 5) is 26.8. The topological polar surface area (TPSA) is 96.9 Å². The number of aliphatic hydroxyl groups is 1. The number of amides is 1. The molecule has 2 heterocycles. The highest BCUT2D eigenvalue weighted by Crippen LogP contribution is 2.31. The Labute approximate surface area is 221 Å². The van der Waals surface area contributed by atoms with Gasteiger partial charge in [-0.25, -0.2) is 9.37 Å². The van der Waals surface area contributed by atoms with Gasteiger partial charge in [-0.15, -0.1) is 0 Å². The Hall–Kier alpha value is -4.28. The Balaban J connectivity index is 1.52. The predicted octanol–water partition coefficient (Wildman–Crippen LogP) is 4.19. The molecule has 1 fully saturated rings. The molecule has 0 spiro atoms. The van der Waals surface area contributed by atoms with Gasteiger partial charge in [0, 0.05) is 67.7 Å². The number of aryl methyl sites for hydroxylation is 1. The summed E-state index contributed by atoms with van der Waals surface area (Å²) >= 11 is 0. The Morgan fingerprint density at radius 1 is 1.18 bits per heavy atom. The van der Waals surface area contributed by atoms with E-state index in [1.807, 2.05) is 25.1 Å². The lowest BCUT2D eigenvalue weighted by Crippen LogP contribution is -2.47. The molecular weight excluding hydrogens is 485 g/mol. The lowest BCUT2D eigenvalue weighted by atomic mass is 10.2. The summed E-state index contributed by atoms with van der Waals surface area (Å²) in [7, 11) is 0. The summed E-state index contributed by atoms with van der Waals surface area (Å²) in [5.74, 6) is 0.0755. The molecule has 10 heteroatoms. The van der Waals surface area contributed by atoms with Gasteiger partial charge in [0.05, 0.1) is 12.3 Å². The third kappa shape index (κ3) is 6.34. The number of halogens is 1. The van der Waals surface area contributed by atoms with Crippen molar-refractivity contribution in [2.45, 2.75) is 6.92 Å². The van der Waals surface area contributed by atoms with E-state index >= 15 is 4.39 Å². The van der Waals surface area contributed by atoms with Crippen molar-refractivity contribution in [3.8, 4) is 0 Å². The second-order valence-electron chi connectivity index (χ2n) is 8.84. The van der Waals surface area contributed by atoms with E-state index in [4.69, 9.17) is 5.11 Å². The number of hydrogen-bond acceptors (Lipinski definition) is 8. The average Bonchev–Trinajstić information content (AvgIpc) is 2.92. The standard InChI is InChI=1S/C28H32FN7O2/c1-4-26(38)31-21-7-6-8-23(17-21)36(5-2)27-20(3)19-30-28(33-27)32-25-10-9-22(18-24(25)29)35-13-11-34(12-14-35)15-16-37/h4-10,17-19,37H,1-2,11-16H2,3H3,(H,31,38)(H,30,32,33). The first kappa shape index (κ1) is 26.8. The van der Waals surface area contributed by atoms with Crippen molar-refractivity contribution in [3.05, 3.63) is 85.5 Å². The fourth-order valence-electron chi connectivity index (χ4n) is 4.27. The van der Waals surface area contributed by atoms with Crippen LogP contribution in [0.2, 0.25) is 0 Å². The molecule has 3 aromatic rings. The van der Waals surface area contributed by atoms with Crippen molar-refractivity contribution in [1.82, 2.24) is 14.9 Å². The highest BCUT2D eigenvalue weighted by molar-refractivity contribution is 5.99. The number of hydrogen-bond donors (Lipinski definition) is 3. The summed E-state index contributed by atoms with van der Waals surface area (Å²) in [6.45, 7) is 13.3. The van der Waals surface area contributed by atoms with Crippen molar-refractivity contribution in [3.63, 3.8) is 0 Å². The van der Waals surface area contributed by atoms with Crippen molar-refractivity contribution in [2.24, 2.45) is 0 Å². The maximum atomic E-state index is 15.1. The maximum absolute atomic E-state index is 15.1. The zero-order valence-electron chi connectivity index (χ0n) is 21.4. The van der Waals surface area contributed by atoms with E-state index in [0.29, 0.717) is 18.1 Å². The number of carbonyl (C=O) groups excluding carboxylic acids is 1. The van der Waals surface area contributed by atoms with Crippen LogP contribution in [0.25, 0.3) is 0 Å². The van der Waals surface area contributed by atoms with Crippen LogP contribution in [0.4, 0.5) is 38.9 Å². The lowest BCUT2D eigenvalue weighted by molar-refractivity contribution is -0.111. The normalized spacial score (nSPS) is 13.6. The van der Waals surface area contributed by atoms with Crippen LogP contribution in [0.5, 0.6) is 0 Å². The number of nitrogens with zero attached hydrogens (tertiary/aromatic N) is 5. The number of rotatable bonds is 10. The number of β-amino-alcohol motifs (C(OH)–C–C–N with tert-alkyl or cyclic N) is 1.